The fourth-order valence-electron chi connectivity index (χ4n) is 1.13. The van der Waals surface area contributed by atoms with Gasteiger partial charge in [-0.1, -0.05) is 6.92 Å². The fraction of sp³-hybridized carbons (Fsp3) is 0.600. The minimum atomic E-state index is 0.210. The van der Waals surface area contributed by atoms with Crippen LogP contribution in [0.5, 0.6) is 5.88 Å². The third-order valence-electron chi connectivity index (χ3n) is 2.07. The van der Waals surface area contributed by atoms with Crippen molar-refractivity contribution in [2.75, 3.05) is 25.6 Å². The van der Waals surface area contributed by atoms with Gasteiger partial charge in [-0.05, 0) is 12.3 Å². The molecule has 1 aromatic rings. The first-order valence-electron chi connectivity index (χ1n) is 4.98. The molecule has 0 aliphatic carbocycles. The summed E-state index contributed by atoms with van der Waals surface area (Å²) in [6, 6.07) is 1.70. The van der Waals surface area contributed by atoms with Crippen molar-refractivity contribution >= 4 is 5.95 Å². The van der Waals surface area contributed by atoms with Gasteiger partial charge in [0.2, 0.25) is 11.8 Å². The molecule has 5 nitrogen and oxygen atoms in total. The van der Waals surface area contributed by atoms with Crippen molar-refractivity contribution in [3.8, 4) is 5.88 Å². The number of nitrogens with one attached hydrogen (secondary N) is 1. The molecule has 0 aliphatic heterocycles. The van der Waals surface area contributed by atoms with Gasteiger partial charge in [-0.25, -0.2) is 4.98 Å². The monoisotopic (exact) mass is 211 g/mol. The lowest BCUT2D eigenvalue weighted by molar-refractivity contribution is 0.265. The number of hydrogen-bond acceptors (Lipinski definition) is 5. The second kappa shape index (κ2) is 6.19. The van der Waals surface area contributed by atoms with Crippen molar-refractivity contribution < 1.29 is 9.84 Å². The number of anilines is 1. The van der Waals surface area contributed by atoms with Gasteiger partial charge >= 0.3 is 0 Å². The highest BCUT2D eigenvalue weighted by Gasteiger charge is 2.03. The molecular weight excluding hydrogens is 194 g/mol. The van der Waals surface area contributed by atoms with Crippen LogP contribution in [0.2, 0.25) is 0 Å². The van der Waals surface area contributed by atoms with Gasteiger partial charge < -0.3 is 15.2 Å². The number of nitrogens with zero attached hydrogens (tertiary/aromatic N) is 2. The molecular formula is C10H17N3O2. The number of rotatable bonds is 6. The standard InChI is InChI=1S/C10H17N3O2/c1-8(4-6-14)7-12-10-11-5-3-9(13-10)15-2/h3,5,8,14H,4,6-7H2,1-2H3,(H,11,12,13). The van der Waals surface area contributed by atoms with E-state index >= 15 is 0 Å². The minimum Gasteiger partial charge on any atom is -0.481 e. The molecule has 0 saturated heterocycles. The van der Waals surface area contributed by atoms with E-state index in [1.807, 2.05) is 0 Å². The summed E-state index contributed by atoms with van der Waals surface area (Å²) in [6.07, 6.45) is 2.42. The summed E-state index contributed by atoms with van der Waals surface area (Å²) in [5.74, 6) is 1.49. The number of ether oxygens (including phenoxy) is 1. The first-order valence-corrected chi connectivity index (χ1v) is 4.98. The second-order valence-corrected chi connectivity index (χ2v) is 3.42. The molecule has 1 unspecified atom stereocenters. The molecule has 0 saturated carbocycles. The highest BCUT2D eigenvalue weighted by molar-refractivity contribution is 5.27. The smallest absolute Gasteiger partial charge is 0.225 e. The number of aliphatic hydroxyl groups is 1. The Balaban J connectivity index is 2.43. The number of aromatic nitrogens is 2. The first-order chi connectivity index (χ1) is 7.26. The highest BCUT2D eigenvalue weighted by Crippen LogP contribution is 2.08. The molecule has 0 aromatic carbocycles. The maximum Gasteiger partial charge on any atom is 0.225 e. The largest absolute Gasteiger partial charge is 0.481 e. The van der Waals surface area contributed by atoms with Gasteiger partial charge in [0.15, 0.2) is 0 Å². The molecule has 84 valence electrons. The Morgan fingerprint density at radius 2 is 2.40 bits per heavy atom. The molecule has 1 rings (SSSR count). The summed E-state index contributed by atoms with van der Waals surface area (Å²) in [6.45, 7) is 3.01. The van der Waals surface area contributed by atoms with E-state index in [-0.39, 0.29) is 6.61 Å². The molecule has 0 bridgehead atoms. The maximum atomic E-state index is 8.74. The Morgan fingerprint density at radius 1 is 1.60 bits per heavy atom. The SMILES string of the molecule is COc1ccnc(NCC(C)CCO)n1. The summed E-state index contributed by atoms with van der Waals surface area (Å²) in [7, 11) is 1.57. The predicted octanol–water partition coefficient (Wildman–Crippen LogP) is 0.916. The molecule has 1 heterocycles. The first kappa shape index (κ1) is 11.7. The van der Waals surface area contributed by atoms with Crippen LogP contribution in [-0.2, 0) is 0 Å². The zero-order valence-corrected chi connectivity index (χ0v) is 9.10. The second-order valence-electron chi connectivity index (χ2n) is 3.42. The van der Waals surface area contributed by atoms with E-state index in [9.17, 15) is 0 Å². The lowest BCUT2D eigenvalue weighted by Crippen LogP contribution is -2.14. The minimum absolute atomic E-state index is 0.210. The Bertz CT molecular complexity index is 294. The molecule has 15 heavy (non-hydrogen) atoms. The van der Waals surface area contributed by atoms with Crippen molar-refractivity contribution in [2.45, 2.75) is 13.3 Å². The molecule has 1 atom stereocenters. The topological polar surface area (TPSA) is 67.3 Å². The van der Waals surface area contributed by atoms with E-state index in [2.05, 4.69) is 22.2 Å². The fourth-order valence-corrected chi connectivity index (χ4v) is 1.13. The summed E-state index contributed by atoms with van der Waals surface area (Å²) in [5.41, 5.74) is 0. The van der Waals surface area contributed by atoms with Gasteiger partial charge in [0.05, 0.1) is 7.11 Å². The summed E-state index contributed by atoms with van der Waals surface area (Å²) < 4.78 is 4.98. The molecule has 5 heteroatoms. The Hall–Kier alpha value is -1.36. The third kappa shape index (κ3) is 4.12. The van der Waals surface area contributed by atoms with Gasteiger partial charge in [-0.15, -0.1) is 0 Å². The van der Waals surface area contributed by atoms with E-state index in [0.717, 1.165) is 13.0 Å². The lowest BCUT2D eigenvalue weighted by atomic mass is 10.1. The van der Waals surface area contributed by atoms with Gasteiger partial charge in [0.1, 0.15) is 0 Å². The molecule has 0 fully saturated rings. The maximum absolute atomic E-state index is 8.74. The van der Waals surface area contributed by atoms with Crippen molar-refractivity contribution in [1.82, 2.24) is 9.97 Å². The summed E-state index contributed by atoms with van der Waals surface area (Å²) in [4.78, 5) is 8.17. The number of aliphatic hydroxyl groups excluding tert-OH is 1. The van der Waals surface area contributed by atoms with Crippen LogP contribution in [0.15, 0.2) is 12.3 Å². The van der Waals surface area contributed by atoms with Crippen LogP contribution >= 0.6 is 0 Å². The number of hydrogen-bond donors (Lipinski definition) is 2. The van der Waals surface area contributed by atoms with E-state index in [1.54, 1.807) is 19.4 Å². The van der Waals surface area contributed by atoms with Crippen molar-refractivity contribution in [2.24, 2.45) is 5.92 Å². The third-order valence-corrected chi connectivity index (χ3v) is 2.07. The Morgan fingerprint density at radius 3 is 3.07 bits per heavy atom. The average Bonchev–Trinajstić information content (AvgIpc) is 2.27. The summed E-state index contributed by atoms with van der Waals surface area (Å²) in [5, 5.41) is 11.8. The van der Waals surface area contributed by atoms with E-state index in [4.69, 9.17) is 9.84 Å². The van der Waals surface area contributed by atoms with Gasteiger partial charge in [0.25, 0.3) is 0 Å². The molecule has 0 aliphatic rings. The lowest BCUT2D eigenvalue weighted by Gasteiger charge is -2.10. The molecule has 0 radical (unpaired) electrons. The van der Waals surface area contributed by atoms with Crippen LogP contribution in [0, 0.1) is 5.92 Å². The van der Waals surface area contributed by atoms with Gasteiger partial charge in [-0.2, -0.15) is 4.98 Å². The van der Waals surface area contributed by atoms with Crippen LogP contribution in [0.1, 0.15) is 13.3 Å². The number of methoxy groups -OCH3 is 1. The van der Waals surface area contributed by atoms with Gasteiger partial charge in [-0.3, -0.25) is 0 Å². The van der Waals surface area contributed by atoms with Crippen molar-refractivity contribution in [1.29, 1.82) is 0 Å². The zero-order chi connectivity index (χ0) is 11.1. The zero-order valence-electron chi connectivity index (χ0n) is 9.10. The normalized spacial score (nSPS) is 12.2. The molecule has 2 N–H and O–H groups in total. The quantitative estimate of drug-likeness (QED) is 0.732. The van der Waals surface area contributed by atoms with E-state index in [1.165, 1.54) is 0 Å². The Labute approximate surface area is 89.5 Å². The van der Waals surface area contributed by atoms with Crippen LogP contribution in [0.4, 0.5) is 5.95 Å². The Kier molecular flexibility index (Phi) is 4.83. The van der Waals surface area contributed by atoms with Crippen molar-refractivity contribution in [3.05, 3.63) is 12.3 Å². The average molecular weight is 211 g/mol. The van der Waals surface area contributed by atoms with Crippen molar-refractivity contribution in [3.63, 3.8) is 0 Å². The van der Waals surface area contributed by atoms with E-state index < -0.39 is 0 Å². The molecule has 0 amide bonds. The molecule has 1 aromatic heterocycles. The molecule has 0 spiro atoms. The predicted molar refractivity (Wildman–Crippen MR) is 57.9 cm³/mol. The highest BCUT2D eigenvalue weighted by atomic mass is 16.5. The van der Waals surface area contributed by atoms with Crippen LogP contribution in [0.3, 0.4) is 0 Å². The van der Waals surface area contributed by atoms with Crippen LogP contribution in [0.25, 0.3) is 0 Å². The summed E-state index contributed by atoms with van der Waals surface area (Å²) >= 11 is 0. The van der Waals surface area contributed by atoms with E-state index in [0.29, 0.717) is 17.7 Å². The van der Waals surface area contributed by atoms with Crippen LogP contribution < -0.4 is 10.1 Å². The van der Waals surface area contributed by atoms with Crippen LogP contribution in [-0.4, -0.2) is 35.3 Å². The van der Waals surface area contributed by atoms with Gasteiger partial charge in [0, 0.05) is 25.4 Å².